The third kappa shape index (κ3) is 23.4. The van der Waals surface area contributed by atoms with E-state index in [1.54, 1.807) is 0 Å². The second kappa shape index (κ2) is 44.3. The monoisotopic (exact) mass is 1090 g/mol. The van der Waals surface area contributed by atoms with Crippen molar-refractivity contribution in [1.82, 2.24) is 0 Å². The highest BCUT2D eigenvalue weighted by atomic mass is 16.3. The van der Waals surface area contributed by atoms with Gasteiger partial charge in [-0.25, -0.2) is 0 Å². The Morgan fingerprint density at radius 1 is 0.377 bits per heavy atom. The molecule has 8 nitrogen and oxygen atoms in total. The number of aliphatic hydroxyl groups excluding tert-OH is 8. The van der Waals surface area contributed by atoms with Gasteiger partial charge in [-0.1, -0.05) is 202 Å². The van der Waals surface area contributed by atoms with Crippen molar-refractivity contribution >= 4 is 0 Å². The van der Waals surface area contributed by atoms with Crippen molar-refractivity contribution in [3.05, 3.63) is 48.6 Å². The van der Waals surface area contributed by atoms with E-state index in [-0.39, 0.29) is 64.7 Å². The molecule has 8 N–H and O–H groups in total. The van der Waals surface area contributed by atoms with Gasteiger partial charge >= 0.3 is 0 Å². The van der Waals surface area contributed by atoms with Crippen LogP contribution in [-0.2, 0) is 0 Å². The minimum Gasteiger partial charge on any atom is -0.396 e. The van der Waals surface area contributed by atoms with E-state index in [1.165, 1.54) is 109 Å². The van der Waals surface area contributed by atoms with Crippen molar-refractivity contribution in [3.8, 4) is 0 Å². The molecule has 0 spiro atoms. The SMILES string of the molecule is CCC(CO)C(CC)CO.CCC1CC2CCC(CO)C(CO)C2CC1CC.CCCC1C(CC)CCC(CO)C1CO.CCCC1C=CC(CC)C(CC)C1/C=C\CO.CCCC1C=CC(CC)C(CC)C1/C=C\CO. The zero-order valence-corrected chi connectivity index (χ0v) is 52.2. The molecular weight excluding hydrogens is 957 g/mol. The summed E-state index contributed by atoms with van der Waals surface area (Å²) in [5.74, 6) is 12.2. The second-order valence-electron chi connectivity index (χ2n) is 24.6. The summed E-state index contributed by atoms with van der Waals surface area (Å²) in [6, 6.07) is 0. The average Bonchev–Trinajstić information content (AvgIpc) is 3.47. The maximum atomic E-state index is 9.70. The average molecular weight is 1090 g/mol. The van der Waals surface area contributed by atoms with Crippen molar-refractivity contribution in [1.29, 1.82) is 0 Å². The topological polar surface area (TPSA) is 162 Å². The number of aliphatic hydroxyl groups is 8. The van der Waals surface area contributed by atoms with Gasteiger partial charge in [0.15, 0.2) is 0 Å². The molecule has 0 saturated heterocycles. The predicted octanol–water partition coefficient (Wildman–Crippen LogP) is 14.9. The number of hydrogen-bond donors (Lipinski definition) is 8. The smallest absolute Gasteiger partial charge is 0.0612 e. The molecule has 0 bridgehead atoms. The first-order chi connectivity index (χ1) is 37.4. The molecule has 5 aliphatic carbocycles. The first-order valence-corrected chi connectivity index (χ1v) is 32.9. The lowest BCUT2D eigenvalue weighted by Gasteiger charge is -2.49. The standard InChI is InChI=1S/C16H30O2.2C16H28O.C13H26O2.C8H18O2/c1-3-11-7-13-5-6-14(9-17)16(10-18)15(13)8-12(11)4-2;2*1-4-8-14-11-10-13(5-2)15(6-3)16(14)9-7-12-17;1-3-5-12-10(4-2)6-7-11(8-14)13(12)9-15;1-3-7(5-9)8(4-2)6-10/h11-18H,3-10H2,1-2H3;2*7,9-11,13-17H,4-6,8,12H2,1-3H3;10-15H,3-9H2,1-2H3;7-10H,3-6H2,1-2H3/b;2*9-7-;;. The number of rotatable bonds is 26. The first-order valence-electron chi connectivity index (χ1n) is 32.9. The molecule has 0 aromatic heterocycles. The van der Waals surface area contributed by atoms with Crippen LogP contribution in [0, 0.1) is 118 Å². The van der Waals surface area contributed by atoms with Gasteiger partial charge < -0.3 is 40.9 Å². The van der Waals surface area contributed by atoms with Crippen LogP contribution in [0.1, 0.15) is 218 Å². The normalized spacial score (nSPS) is 34.5. The third-order valence-corrected chi connectivity index (χ3v) is 20.8. The summed E-state index contributed by atoms with van der Waals surface area (Å²) in [6.45, 7) is 28.7. The Kier molecular flexibility index (Phi) is 42.3. The van der Waals surface area contributed by atoms with Crippen molar-refractivity contribution < 1.29 is 40.9 Å². The molecule has 0 aromatic rings. The van der Waals surface area contributed by atoms with Crippen LogP contribution in [0.5, 0.6) is 0 Å². The van der Waals surface area contributed by atoms with E-state index in [0.29, 0.717) is 59.2 Å². The molecule has 5 rings (SSSR count). The van der Waals surface area contributed by atoms with Crippen LogP contribution in [0.25, 0.3) is 0 Å². The predicted molar refractivity (Wildman–Crippen MR) is 328 cm³/mol. The van der Waals surface area contributed by atoms with Gasteiger partial charge in [-0.15, -0.1) is 0 Å². The quantitative estimate of drug-likeness (QED) is 0.0397. The molecule has 8 heteroatoms. The molecule has 5 aliphatic rings. The summed E-state index contributed by atoms with van der Waals surface area (Å²) in [6.07, 6.45) is 43.6. The van der Waals surface area contributed by atoms with Crippen molar-refractivity contribution in [3.63, 3.8) is 0 Å². The van der Waals surface area contributed by atoms with Gasteiger partial charge in [0.1, 0.15) is 0 Å². The Hall–Kier alpha value is -1.36. The summed E-state index contributed by atoms with van der Waals surface area (Å²) >= 11 is 0. The molecule has 77 heavy (non-hydrogen) atoms. The third-order valence-electron chi connectivity index (χ3n) is 20.8. The molecule has 20 atom stereocenters. The summed E-state index contributed by atoms with van der Waals surface area (Å²) in [4.78, 5) is 0. The van der Waals surface area contributed by atoms with Gasteiger partial charge in [-0.2, -0.15) is 0 Å². The summed E-state index contributed by atoms with van der Waals surface area (Å²) < 4.78 is 0. The summed E-state index contributed by atoms with van der Waals surface area (Å²) in [5, 5.41) is 73.7. The van der Waals surface area contributed by atoms with E-state index in [4.69, 9.17) is 20.4 Å². The van der Waals surface area contributed by atoms with E-state index in [9.17, 15) is 20.4 Å². The van der Waals surface area contributed by atoms with Crippen molar-refractivity contribution in [2.75, 3.05) is 52.9 Å². The molecule has 0 aliphatic heterocycles. The summed E-state index contributed by atoms with van der Waals surface area (Å²) in [5.41, 5.74) is 0. The van der Waals surface area contributed by atoms with Gasteiger partial charge in [0.05, 0.1) is 13.2 Å². The zero-order valence-electron chi connectivity index (χ0n) is 52.2. The van der Waals surface area contributed by atoms with E-state index in [0.717, 1.165) is 73.0 Å². The molecule has 454 valence electrons. The Bertz CT molecular complexity index is 1420. The molecule has 0 aromatic carbocycles. The molecule has 3 fully saturated rings. The molecule has 3 saturated carbocycles. The van der Waals surface area contributed by atoms with Gasteiger partial charge in [-0.3, -0.25) is 0 Å². The van der Waals surface area contributed by atoms with E-state index in [2.05, 4.69) is 106 Å². The van der Waals surface area contributed by atoms with Crippen LogP contribution in [0.3, 0.4) is 0 Å². The number of hydrogen-bond acceptors (Lipinski definition) is 8. The highest BCUT2D eigenvalue weighted by Crippen LogP contribution is 2.51. The Morgan fingerprint density at radius 3 is 1.13 bits per heavy atom. The fourth-order valence-electron chi connectivity index (χ4n) is 16.0. The lowest BCUT2D eigenvalue weighted by Crippen LogP contribution is -2.44. The first kappa shape index (κ1) is 73.7. The molecule has 0 heterocycles. The molecule has 20 unspecified atom stereocenters. The van der Waals surface area contributed by atoms with Gasteiger partial charge in [0.2, 0.25) is 0 Å². The lowest BCUT2D eigenvalue weighted by molar-refractivity contribution is -0.0359. The zero-order chi connectivity index (χ0) is 57.7. The van der Waals surface area contributed by atoms with Crippen LogP contribution in [0.15, 0.2) is 48.6 Å². The molecule has 0 radical (unpaired) electrons. The Morgan fingerprint density at radius 2 is 0.779 bits per heavy atom. The summed E-state index contributed by atoms with van der Waals surface area (Å²) in [7, 11) is 0. The van der Waals surface area contributed by atoms with E-state index >= 15 is 0 Å². The maximum Gasteiger partial charge on any atom is 0.0612 e. The van der Waals surface area contributed by atoms with Gasteiger partial charge in [-0.05, 0) is 183 Å². The largest absolute Gasteiger partial charge is 0.396 e. The van der Waals surface area contributed by atoms with Crippen LogP contribution < -0.4 is 0 Å². The van der Waals surface area contributed by atoms with Gasteiger partial charge in [0.25, 0.3) is 0 Å². The Labute approximate surface area is 476 Å². The van der Waals surface area contributed by atoms with E-state index < -0.39 is 0 Å². The van der Waals surface area contributed by atoms with Crippen LogP contribution in [0.4, 0.5) is 0 Å². The maximum absolute atomic E-state index is 9.70. The minimum atomic E-state index is 0.173. The van der Waals surface area contributed by atoms with Crippen LogP contribution in [0.2, 0.25) is 0 Å². The van der Waals surface area contributed by atoms with Gasteiger partial charge in [0, 0.05) is 39.6 Å². The molecular formula is C69H130O8. The van der Waals surface area contributed by atoms with E-state index in [1.807, 2.05) is 26.0 Å². The van der Waals surface area contributed by atoms with Crippen LogP contribution >= 0.6 is 0 Å². The van der Waals surface area contributed by atoms with Crippen molar-refractivity contribution in [2.45, 2.75) is 218 Å². The number of fused-ring (bicyclic) bond motifs is 1. The fraction of sp³-hybridized carbons (Fsp3) is 0.884. The lowest BCUT2D eigenvalue weighted by atomic mass is 9.56. The molecule has 0 amide bonds. The number of allylic oxidation sites excluding steroid dienone is 6. The Balaban J connectivity index is 0.000000487. The fourth-order valence-corrected chi connectivity index (χ4v) is 16.0. The minimum absolute atomic E-state index is 0.173. The second-order valence-corrected chi connectivity index (χ2v) is 24.6. The van der Waals surface area contributed by atoms with Crippen LogP contribution in [-0.4, -0.2) is 93.7 Å². The highest BCUT2D eigenvalue weighted by Gasteiger charge is 2.44. The van der Waals surface area contributed by atoms with Crippen molar-refractivity contribution in [2.24, 2.45) is 118 Å². The highest BCUT2D eigenvalue weighted by molar-refractivity contribution is 5.11.